The first-order valence-corrected chi connectivity index (χ1v) is 7.43. The first kappa shape index (κ1) is 13.9. The van der Waals surface area contributed by atoms with Crippen LogP contribution in [0, 0.1) is 17.8 Å². The van der Waals surface area contributed by atoms with Gasteiger partial charge in [-0.1, -0.05) is 46.4 Å². The molecule has 2 atom stereocenters. The Bertz CT molecular complexity index is 236. The van der Waals surface area contributed by atoms with E-state index in [1.807, 2.05) is 11.8 Å². The van der Waals surface area contributed by atoms with Gasteiger partial charge in [-0.3, -0.25) is 4.99 Å². The fourth-order valence-electron chi connectivity index (χ4n) is 1.58. The number of hydrogen-bond acceptors (Lipinski definition) is 2. The molecule has 0 saturated carbocycles. The molecule has 0 spiro atoms. The summed E-state index contributed by atoms with van der Waals surface area (Å²) in [4.78, 5) is 4.71. The lowest BCUT2D eigenvalue weighted by atomic mass is 9.99. The smallest absolute Gasteiger partial charge is 0.156 e. The third-order valence-electron chi connectivity index (χ3n) is 3.44. The first-order valence-electron chi connectivity index (χ1n) is 6.44. The number of hydrogen-bond donors (Lipinski definition) is 1. The summed E-state index contributed by atoms with van der Waals surface area (Å²) >= 11 is 1.88. The largest absolute Gasteiger partial charge is 0.362 e. The van der Waals surface area contributed by atoms with E-state index < -0.39 is 0 Å². The quantitative estimate of drug-likeness (QED) is 0.817. The number of rotatable bonds is 4. The average molecular weight is 242 g/mol. The van der Waals surface area contributed by atoms with E-state index >= 15 is 0 Å². The molecule has 3 heteroatoms. The van der Waals surface area contributed by atoms with Gasteiger partial charge in [-0.25, -0.2) is 0 Å². The summed E-state index contributed by atoms with van der Waals surface area (Å²) in [6.07, 6.45) is 1.26. The van der Waals surface area contributed by atoms with Crippen molar-refractivity contribution in [1.82, 2.24) is 5.32 Å². The van der Waals surface area contributed by atoms with Crippen molar-refractivity contribution in [3.8, 4) is 0 Å². The zero-order valence-electron chi connectivity index (χ0n) is 11.3. The van der Waals surface area contributed by atoms with Gasteiger partial charge in [0.25, 0.3) is 0 Å². The molecule has 0 aromatic rings. The van der Waals surface area contributed by atoms with Gasteiger partial charge in [0.1, 0.15) is 0 Å². The van der Waals surface area contributed by atoms with Crippen molar-refractivity contribution in [2.75, 3.05) is 12.3 Å². The number of amidine groups is 1. The summed E-state index contributed by atoms with van der Waals surface area (Å²) in [6, 6.07) is 0.620. The number of nitrogens with one attached hydrogen (secondary N) is 1. The van der Waals surface area contributed by atoms with E-state index in [1.54, 1.807) is 0 Å². The van der Waals surface area contributed by atoms with Crippen LogP contribution in [-0.2, 0) is 0 Å². The summed E-state index contributed by atoms with van der Waals surface area (Å²) in [6.45, 7) is 12.3. The zero-order valence-corrected chi connectivity index (χ0v) is 12.1. The maximum atomic E-state index is 4.71. The molecule has 1 rings (SSSR count). The van der Waals surface area contributed by atoms with Gasteiger partial charge in [0.2, 0.25) is 0 Å². The highest BCUT2D eigenvalue weighted by atomic mass is 32.2. The van der Waals surface area contributed by atoms with Crippen molar-refractivity contribution in [1.29, 1.82) is 0 Å². The van der Waals surface area contributed by atoms with E-state index in [0.29, 0.717) is 17.9 Å². The summed E-state index contributed by atoms with van der Waals surface area (Å²) in [5.41, 5.74) is 0. The van der Waals surface area contributed by atoms with E-state index in [1.165, 1.54) is 12.2 Å². The molecular weight excluding hydrogens is 216 g/mol. The van der Waals surface area contributed by atoms with Gasteiger partial charge in [-0.2, -0.15) is 0 Å². The maximum absolute atomic E-state index is 4.71. The van der Waals surface area contributed by atoms with Crippen LogP contribution in [0.1, 0.15) is 41.0 Å². The molecule has 94 valence electrons. The van der Waals surface area contributed by atoms with E-state index in [2.05, 4.69) is 39.9 Å². The Morgan fingerprint density at radius 3 is 2.56 bits per heavy atom. The predicted octanol–water partition coefficient (Wildman–Crippen LogP) is 3.39. The Kier molecular flexibility index (Phi) is 5.67. The molecule has 16 heavy (non-hydrogen) atoms. The van der Waals surface area contributed by atoms with E-state index in [-0.39, 0.29) is 0 Å². The molecule has 2 unspecified atom stereocenters. The van der Waals surface area contributed by atoms with Gasteiger partial charge >= 0.3 is 0 Å². The third-order valence-corrected chi connectivity index (χ3v) is 4.40. The molecule has 1 aliphatic heterocycles. The van der Waals surface area contributed by atoms with Crippen LogP contribution in [0.3, 0.4) is 0 Å². The van der Waals surface area contributed by atoms with Gasteiger partial charge in [0.15, 0.2) is 5.17 Å². The topological polar surface area (TPSA) is 24.4 Å². The first-order chi connectivity index (χ1) is 7.50. The summed E-state index contributed by atoms with van der Waals surface area (Å²) in [5, 5.41) is 4.72. The van der Waals surface area contributed by atoms with E-state index in [4.69, 9.17) is 4.99 Å². The minimum Gasteiger partial charge on any atom is -0.362 e. The lowest BCUT2D eigenvalue weighted by Crippen LogP contribution is -2.41. The third kappa shape index (κ3) is 4.36. The fraction of sp³-hybridized carbons (Fsp3) is 0.923. The average Bonchev–Trinajstić information content (AvgIpc) is 2.26. The van der Waals surface area contributed by atoms with Crippen molar-refractivity contribution in [2.45, 2.75) is 47.1 Å². The molecule has 1 fully saturated rings. The van der Waals surface area contributed by atoms with E-state index in [9.17, 15) is 0 Å². The SMILES string of the molecule is CC(C)C(C)CN=C1NC(C(C)C)CCS1. The molecule has 2 nitrogen and oxygen atoms in total. The van der Waals surface area contributed by atoms with Gasteiger partial charge in [0, 0.05) is 18.3 Å². The Hall–Kier alpha value is -0.180. The van der Waals surface area contributed by atoms with Crippen LogP contribution in [-0.4, -0.2) is 23.5 Å². The van der Waals surface area contributed by atoms with Crippen molar-refractivity contribution in [3.63, 3.8) is 0 Å². The Morgan fingerprint density at radius 2 is 2.00 bits per heavy atom. The molecule has 0 radical (unpaired) electrons. The normalized spacial score (nSPS) is 26.2. The Morgan fingerprint density at radius 1 is 1.31 bits per heavy atom. The highest BCUT2D eigenvalue weighted by molar-refractivity contribution is 8.13. The van der Waals surface area contributed by atoms with Gasteiger partial charge < -0.3 is 5.32 Å². The van der Waals surface area contributed by atoms with Crippen molar-refractivity contribution in [3.05, 3.63) is 0 Å². The van der Waals surface area contributed by atoms with Crippen LogP contribution in [0.4, 0.5) is 0 Å². The van der Waals surface area contributed by atoms with E-state index in [0.717, 1.165) is 17.6 Å². The van der Waals surface area contributed by atoms with Crippen LogP contribution in [0.25, 0.3) is 0 Å². The summed E-state index contributed by atoms with van der Waals surface area (Å²) in [7, 11) is 0. The molecule has 0 amide bonds. The maximum Gasteiger partial charge on any atom is 0.156 e. The molecule has 1 saturated heterocycles. The van der Waals surface area contributed by atoms with Crippen molar-refractivity contribution < 1.29 is 0 Å². The molecule has 1 N–H and O–H groups in total. The van der Waals surface area contributed by atoms with Gasteiger partial charge in [0.05, 0.1) is 0 Å². The molecule has 0 bridgehead atoms. The number of thioether (sulfide) groups is 1. The predicted molar refractivity (Wildman–Crippen MR) is 75.1 cm³/mol. The Balaban J connectivity index is 2.44. The van der Waals surface area contributed by atoms with Crippen LogP contribution in [0.2, 0.25) is 0 Å². The molecule has 1 aliphatic rings. The minimum atomic E-state index is 0.620. The molecule has 0 aromatic carbocycles. The highest BCUT2D eigenvalue weighted by Gasteiger charge is 2.20. The monoisotopic (exact) mass is 242 g/mol. The molecule has 0 aromatic heterocycles. The standard InChI is InChI=1S/C13H26N2S/c1-9(2)11(5)8-14-13-15-12(10(3)4)6-7-16-13/h9-12H,6-8H2,1-5H3,(H,14,15). The Labute approximate surface area is 105 Å². The number of nitrogens with zero attached hydrogens (tertiary/aromatic N) is 1. The second kappa shape index (κ2) is 6.53. The van der Waals surface area contributed by atoms with Gasteiger partial charge in [-0.05, 0) is 24.2 Å². The molecular formula is C13H26N2S. The fourth-order valence-corrected chi connectivity index (χ4v) is 2.55. The number of aliphatic imine (C=N–C) groups is 1. The zero-order chi connectivity index (χ0) is 12.1. The second-order valence-electron chi connectivity index (χ2n) is 5.50. The summed E-state index contributed by atoms with van der Waals surface area (Å²) < 4.78 is 0. The highest BCUT2D eigenvalue weighted by Crippen LogP contribution is 2.19. The lowest BCUT2D eigenvalue weighted by Gasteiger charge is -2.28. The molecule has 1 heterocycles. The van der Waals surface area contributed by atoms with Crippen molar-refractivity contribution >= 4 is 16.9 Å². The summed E-state index contributed by atoms with van der Waals surface area (Å²) in [5.74, 6) is 3.31. The lowest BCUT2D eigenvalue weighted by molar-refractivity contribution is 0.424. The second-order valence-corrected chi connectivity index (χ2v) is 6.58. The van der Waals surface area contributed by atoms with Crippen LogP contribution >= 0.6 is 11.8 Å². The minimum absolute atomic E-state index is 0.620. The van der Waals surface area contributed by atoms with Crippen molar-refractivity contribution in [2.24, 2.45) is 22.7 Å². The van der Waals surface area contributed by atoms with Crippen LogP contribution < -0.4 is 5.32 Å². The van der Waals surface area contributed by atoms with Gasteiger partial charge in [-0.15, -0.1) is 0 Å². The molecule has 0 aliphatic carbocycles. The van der Waals surface area contributed by atoms with Crippen LogP contribution in [0.15, 0.2) is 4.99 Å². The van der Waals surface area contributed by atoms with Crippen LogP contribution in [0.5, 0.6) is 0 Å².